The highest BCUT2D eigenvalue weighted by Gasteiger charge is 2.20. The Bertz CT molecular complexity index is 376. The van der Waals surface area contributed by atoms with E-state index < -0.39 is 16.4 Å². The fraction of sp³-hybridized carbons (Fsp3) is 0.250. The summed E-state index contributed by atoms with van der Waals surface area (Å²) in [5, 5.41) is 19.6. The molecular weight excluding hydrogens is 177 g/mol. The number of rotatable bonds is 1. The average Bonchev–Trinajstić information content (AvgIpc) is 2.07. The second-order valence-electron chi connectivity index (χ2n) is 2.76. The van der Waals surface area contributed by atoms with Crippen LogP contribution >= 0.6 is 0 Å². The van der Waals surface area contributed by atoms with Crippen LogP contribution in [0.3, 0.4) is 0 Å². The lowest BCUT2D eigenvalue weighted by Crippen LogP contribution is -1.96. The monoisotopic (exact) mass is 185 g/mol. The van der Waals surface area contributed by atoms with Gasteiger partial charge in [0.15, 0.2) is 0 Å². The van der Waals surface area contributed by atoms with E-state index in [1.54, 1.807) is 0 Å². The Morgan fingerprint density at radius 3 is 2.54 bits per heavy atom. The van der Waals surface area contributed by atoms with Crippen LogP contribution in [-0.2, 0) is 0 Å². The molecule has 0 saturated carbocycles. The first kappa shape index (κ1) is 9.44. The normalized spacial score (nSPS) is 10.1. The molecule has 0 bridgehead atoms. The topological polar surface area (TPSA) is 63.4 Å². The van der Waals surface area contributed by atoms with Gasteiger partial charge in [-0.2, -0.15) is 4.39 Å². The van der Waals surface area contributed by atoms with E-state index in [4.69, 9.17) is 0 Å². The molecule has 1 aromatic carbocycles. The number of phenols is 1. The van der Waals surface area contributed by atoms with Crippen LogP contribution in [0.1, 0.15) is 11.1 Å². The van der Waals surface area contributed by atoms with Gasteiger partial charge in [-0.15, -0.1) is 0 Å². The molecule has 0 unspecified atom stereocenters. The van der Waals surface area contributed by atoms with Crippen LogP contribution in [0.5, 0.6) is 5.75 Å². The summed E-state index contributed by atoms with van der Waals surface area (Å²) in [5.74, 6) is -1.21. The van der Waals surface area contributed by atoms with Crippen molar-refractivity contribution >= 4 is 5.69 Å². The maximum Gasteiger partial charge on any atom is 0.305 e. The van der Waals surface area contributed by atoms with Crippen LogP contribution in [0.15, 0.2) is 6.07 Å². The van der Waals surface area contributed by atoms with E-state index in [0.29, 0.717) is 5.56 Å². The highest BCUT2D eigenvalue weighted by molar-refractivity contribution is 5.49. The molecule has 13 heavy (non-hydrogen) atoms. The summed E-state index contributed by atoms with van der Waals surface area (Å²) in [7, 11) is 0. The maximum absolute atomic E-state index is 13.1. The molecule has 0 heterocycles. The highest BCUT2D eigenvalue weighted by Crippen LogP contribution is 2.30. The first-order valence-corrected chi connectivity index (χ1v) is 3.58. The molecular formula is C8H8FNO3. The molecule has 0 radical (unpaired) electrons. The number of benzene rings is 1. The van der Waals surface area contributed by atoms with Crippen molar-refractivity contribution in [3.8, 4) is 5.75 Å². The zero-order valence-electron chi connectivity index (χ0n) is 7.17. The molecule has 0 spiro atoms. The minimum Gasteiger partial charge on any atom is -0.507 e. The molecule has 1 aromatic rings. The van der Waals surface area contributed by atoms with E-state index in [2.05, 4.69) is 0 Å². The molecule has 0 amide bonds. The van der Waals surface area contributed by atoms with Gasteiger partial charge >= 0.3 is 5.69 Å². The van der Waals surface area contributed by atoms with Gasteiger partial charge < -0.3 is 5.11 Å². The van der Waals surface area contributed by atoms with E-state index in [9.17, 15) is 19.6 Å². The number of aromatic hydroxyl groups is 1. The van der Waals surface area contributed by atoms with E-state index in [0.717, 1.165) is 6.07 Å². The van der Waals surface area contributed by atoms with E-state index in [1.165, 1.54) is 13.8 Å². The molecule has 0 aliphatic heterocycles. The van der Waals surface area contributed by atoms with E-state index >= 15 is 0 Å². The van der Waals surface area contributed by atoms with Crippen LogP contribution in [0.4, 0.5) is 10.1 Å². The smallest absolute Gasteiger partial charge is 0.305 e. The van der Waals surface area contributed by atoms with Crippen molar-refractivity contribution in [3.05, 3.63) is 33.1 Å². The van der Waals surface area contributed by atoms with Crippen molar-refractivity contribution in [2.75, 3.05) is 0 Å². The third-order valence-corrected chi connectivity index (χ3v) is 1.83. The molecule has 70 valence electrons. The average molecular weight is 185 g/mol. The fourth-order valence-corrected chi connectivity index (χ4v) is 1.06. The Morgan fingerprint density at radius 2 is 2.08 bits per heavy atom. The summed E-state index contributed by atoms with van der Waals surface area (Å²) >= 11 is 0. The van der Waals surface area contributed by atoms with Crippen molar-refractivity contribution in [2.45, 2.75) is 13.8 Å². The van der Waals surface area contributed by atoms with Gasteiger partial charge in [-0.05, 0) is 19.4 Å². The lowest BCUT2D eigenvalue weighted by atomic mass is 10.1. The molecule has 0 saturated heterocycles. The Kier molecular flexibility index (Phi) is 2.18. The first-order valence-electron chi connectivity index (χ1n) is 3.58. The van der Waals surface area contributed by atoms with Gasteiger partial charge in [0.05, 0.1) is 4.92 Å². The van der Waals surface area contributed by atoms with Gasteiger partial charge in [0.1, 0.15) is 5.75 Å². The Labute approximate surface area is 73.8 Å². The molecule has 1 N–H and O–H groups in total. The predicted molar refractivity (Wildman–Crippen MR) is 44.2 cm³/mol. The molecule has 1 rings (SSSR count). The number of halogens is 1. The van der Waals surface area contributed by atoms with Crippen LogP contribution < -0.4 is 0 Å². The second-order valence-corrected chi connectivity index (χ2v) is 2.76. The number of hydrogen-bond donors (Lipinski definition) is 1. The zero-order valence-corrected chi connectivity index (χ0v) is 7.17. The summed E-state index contributed by atoms with van der Waals surface area (Å²) in [6.45, 7) is 2.78. The minimum atomic E-state index is -0.979. The summed E-state index contributed by atoms with van der Waals surface area (Å²) < 4.78 is 13.1. The van der Waals surface area contributed by atoms with Gasteiger partial charge in [-0.1, -0.05) is 0 Å². The summed E-state index contributed by atoms with van der Waals surface area (Å²) in [4.78, 5) is 9.51. The predicted octanol–water partition coefficient (Wildman–Crippen LogP) is 2.06. The number of nitro benzene ring substituents is 1. The second kappa shape index (κ2) is 3.01. The molecule has 0 fully saturated rings. The summed E-state index contributed by atoms with van der Waals surface area (Å²) in [6.07, 6.45) is 0. The van der Waals surface area contributed by atoms with Gasteiger partial charge in [0, 0.05) is 11.6 Å². The number of hydrogen-bond acceptors (Lipinski definition) is 3. The fourth-order valence-electron chi connectivity index (χ4n) is 1.06. The van der Waals surface area contributed by atoms with Crippen LogP contribution in [-0.4, -0.2) is 10.0 Å². The Hall–Kier alpha value is -1.65. The van der Waals surface area contributed by atoms with Gasteiger partial charge in [-0.25, -0.2) is 0 Å². The van der Waals surface area contributed by atoms with Gasteiger partial charge in [0.25, 0.3) is 0 Å². The highest BCUT2D eigenvalue weighted by atomic mass is 19.1. The lowest BCUT2D eigenvalue weighted by Gasteiger charge is -2.03. The van der Waals surface area contributed by atoms with Gasteiger partial charge in [0.2, 0.25) is 5.82 Å². The molecule has 5 heteroatoms. The van der Waals surface area contributed by atoms with Crippen molar-refractivity contribution in [2.24, 2.45) is 0 Å². The van der Waals surface area contributed by atoms with Crippen LogP contribution in [0.25, 0.3) is 0 Å². The molecule has 0 aromatic heterocycles. The molecule has 0 atom stereocenters. The maximum atomic E-state index is 13.1. The first-order chi connectivity index (χ1) is 5.95. The number of nitro groups is 1. The Morgan fingerprint density at radius 1 is 1.54 bits per heavy atom. The zero-order chi connectivity index (χ0) is 10.2. The van der Waals surface area contributed by atoms with Crippen LogP contribution in [0.2, 0.25) is 0 Å². The standard InChI is InChI=1S/C8H8FNO3/c1-4-3-6(10(12)13)7(9)5(2)8(4)11/h3,11H,1-2H3. The number of aryl methyl sites for hydroxylation is 1. The quantitative estimate of drug-likeness (QED) is 0.538. The molecule has 4 nitrogen and oxygen atoms in total. The van der Waals surface area contributed by atoms with Crippen molar-refractivity contribution in [3.63, 3.8) is 0 Å². The number of phenolic OH excluding ortho intramolecular Hbond substituents is 1. The van der Waals surface area contributed by atoms with Crippen molar-refractivity contribution in [1.82, 2.24) is 0 Å². The third-order valence-electron chi connectivity index (χ3n) is 1.83. The molecule has 0 aliphatic rings. The SMILES string of the molecule is Cc1cc([N+](=O)[O-])c(F)c(C)c1O. The van der Waals surface area contributed by atoms with Crippen LogP contribution in [0, 0.1) is 29.8 Å². The summed E-state index contributed by atoms with van der Waals surface area (Å²) in [6, 6.07) is 1.01. The van der Waals surface area contributed by atoms with Crippen molar-refractivity contribution in [1.29, 1.82) is 0 Å². The number of nitrogens with zero attached hydrogens (tertiary/aromatic N) is 1. The molecule has 0 aliphatic carbocycles. The summed E-state index contributed by atoms with van der Waals surface area (Å²) in [5.41, 5.74) is -0.398. The van der Waals surface area contributed by atoms with Crippen molar-refractivity contribution < 1.29 is 14.4 Å². The van der Waals surface area contributed by atoms with Gasteiger partial charge in [-0.3, -0.25) is 10.1 Å². The largest absolute Gasteiger partial charge is 0.507 e. The minimum absolute atomic E-state index is 0.0910. The lowest BCUT2D eigenvalue weighted by molar-refractivity contribution is -0.387. The third kappa shape index (κ3) is 1.44. The van der Waals surface area contributed by atoms with E-state index in [1.807, 2.05) is 0 Å². The van der Waals surface area contributed by atoms with E-state index in [-0.39, 0.29) is 11.3 Å². The Balaban J connectivity index is 3.50.